The molecule has 17 heavy (non-hydrogen) atoms. The summed E-state index contributed by atoms with van der Waals surface area (Å²) in [7, 11) is 0. The van der Waals surface area contributed by atoms with Gasteiger partial charge < -0.3 is 10.1 Å². The molecule has 0 aliphatic heterocycles. The van der Waals surface area contributed by atoms with Crippen molar-refractivity contribution in [2.45, 2.75) is 26.8 Å². The Labute approximate surface area is 113 Å². The number of halogens is 2. The van der Waals surface area contributed by atoms with Gasteiger partial charge in [0.05, 0.1) is 10.0 Å². The zero-order valence-corrected chi connectivity index (χ0v) is 12.0. The molecule has 0 aliphatic carbocycles. The Morgan fingerprint density at radius 2 is 1.76 bits per heavy atom. The second-order valence-corrected chi connectivity index (χ2v) is 5.20. The minimum atomic E-state index is 0.473. The Morgan fingerprint density at radius 1 is 1.18 bits per heavy atom. The number of hydrogen-bond donors (Lipinski definition) is 1. The summed E-state index contributed by atoms with van der Waals surface area (Å²) < 4.78 is 5.57. The van der Waals surface area contributed by atoms with Crippen LogP contribution in [0.5, 0.6) is 5.75 Å². The van der Waals surface area contributed by atoms with Crippen molar-refractivity contribution in [2.75, 3.05) is 13.2 Å². The summed E-state index contributed by atoms with van der Waals surface area (Å²) in [6.07, 6.45) is 0. The number of para-hydroxylation sites is 1. The highest BCUT2D eigenvalue weighted by Gasteiger charge is 2.08. The van der Waals surface area contributed by atoms with Gasteiger partial charge in [-0.1, -0.05) is 43.1 Å². The van der Waals surface area contributed by atoms with E-state index in [9.17, 15) is 0 Å². The lowest BCUT2D eigenvalue weighted by Gasteiger charge is -2.17. The van der Waals surface area contributed by atoms with E-state index >= 15 is 0 Å². The van der Waals surface area contributed by atoms with Gasteiger partial charge in [-0.25, -0.2) is 0 Å². The summed E-state index contributed by atoms with van der Waals surface area (Å²) in [6.45, 7) is 7.86. The van der Waals surface area contributed by atoms with E-state index in [1.54, 1.807) is 18.2 Å². The van der Waals surface area contributed by atoms with Crippen LogP contribution in [0, 0.1) is 5.92 Å². The topological polar surface area (TPSA) is 21.3 Å². The van der Waals surface area contributed by atoms with Crippen LogP contribution in [0.1, 0.15) is 20.8 Å². The van der Waals surface area contributed by atoms with Crippen molar-refractivity contribution in [1.82, 2.24) is 5.32 Å². The van der Waals surface area contributed by atoms with Crippen molar-refractivity contribution in [3.63, 3.8) is 0 Å². The Kier molecular flexibility index (Phi) is 6.10. The largest absolute Gasteiger partial charge is 0.489 e. The molecule has 0 aliphatic rings. The standard InChI is InChI=1S/C13H19Cl2NO/c1-9(2)10(3)16-7-8-17-13-11(14)5-4-6-12(13)15/h4-6,9-10,16H,7-8H2,1-3H3. The number of nitrogens with one attached hydrogen (secondary N) is 1. The maximum atomic E-state index is 5.99. The molecule has 1 aromatic carbocycles. The van der Waals surface area contributed by atoms with Gasteiger partial charge >= 0.3 is 0 Å². The van der Waals surface area contributed by atoms with E-state index in [0.717, 1.165) is 6.54 Å². The first kappa shape index (κ1) is 14.6. The lowest BCUT2D eigenvalue weighted by molar-refractivity contribution is 0.297. The summed E-state index contributed by atoms with van der Waals surface area (Å²) in [5.74, 6) is 1.17. The number of benzene rings is 1. The van der Waals surface area contributed by atoms with Gasteiger partial charge in [-0.3, -0.25) is 0 Å². The van der Waals surface area contributed by atoms with Crippen molar-refractivity contribution in [1.29, 1.82) is 0 Å². The van der Waals surface area contributed by atoms with Gasteiger partial charge in [0.15, 0.2) is 5.75 Å². The van der Waals surface area contributed by atoms with Gasteiger partial charge in [0.2, 0.25) is 0 Å². The third kappa shape index (κ3) is 4.74. The van der Waals surface area contributed by atoms with Crippen molar-refractivity contribution >= 4 is 23.2 Å². The van der Waals surface area contributed by atoms with Crippen LogP contribution < -0.4 is 10.1 Å². The molecule has 1 aromatic rings. The van der Waals surface area contributed by atoms with Gasteiger partial charge in [-0.15, -0.1) is 0 Å². The Bertz CT molecular complexity index is 335. The van der Waals surface area contributed by atoms with E-state index < -0.39 is 0 Å². The van der Waals surface area contributed by atoms with Crippen molar-refractivity contribution in [3.05, 3.63) is 28.2 Å². The predicted octanol–water partition coefficient (Wildman–Crippen LogP) is 4.01. The SMILES string of the molecule is CC(C)C(C)NCCOc1c(Cl)cccc1Cl. The number of ether oxygens (including phenoxy) is 1. The molecule has 1 rings (SSSR count). The summed E-state index contributed by atoms with van der Waals surface area (Å²) in [6, 6.07) is 5.82. The van der Waals surface area contributed by atoms with Crippen LogP contribution in [-0.2, 0) is 0 Å². The fourth-order valence-corrected chi connectivity index (χ4v) is 1.80. The molecule has 1 unspecified atom stereocenters. The highest BCUT2D eigenvalue weighted by molar-refractivity contribution is 6.37. The van der Waals surface area contributed by atoms with E-state index in [2.05, 4.69) is 26.1 Å². The smallest absolute Gasteiger partial charge is 0.156 e. The quantitative estimate of drug-likeness (QED) is 0.793. The van der Waals surface area contributed by atoms with Crippen LogP contribution in [0.3, 0.4) is 0 Å². The molecule has 0 heterocycles. The summed E-state index contributed by atoms with van der Waals surface area (Å²) in [4.78, 5) is 0. The maximum absolute atomic E-state index is 5.99. The molecule has 1 atom stereocenters. The Morgan fingerprint density at radius 3 is 2.29 bits per heavy atom. The second-order valence-electron chi connectivity index (χ2n) is 4.39. The molecule has 0 amide bonds. The zero-order valence-electron chi connectivity index (χ0n) is 10.5. The maximum Gasteiger partial charge on any atom is 0.156 e. The van der Waals surface area contributed by atoms with Crippen molar-refractivity contribution in [2.24, 2.45) is 5.92 Å². The first-order valence-electron chi connectivity index (χ1n) is 5.82. The molecular formula is C13H19Cl2NO. The summed E-state index contributed by atoms with van der Waals surface area (Å²) in [5, 5.41) is 4.48. The molecule has 0 aromatic heterocycles. The Hall–Kier alpha value is -0.440. The molecule has 0 saturated heterocycles. The lowest BCUT2D eigenvalue weighted by Crippen LogP contribution is -2.33. The second kappa shape index (κ2) is 7.10. The third-order valence-corrected chi connectivity index (χ3v) is 3.33. The molecule has 2 nitrogen and oxygen atoms in total. The summed E-state index contributed by atoms with van der Waals surface area (Å²) in [5.41, 5.74) is 0. The van der Waals surface area contributed by atoms with E-state index in [4.69, 9.17) is 27.9 Å². The zero-order chi connectivity index (χ0) is 12.8. The lowest BCUT2D eigenvalue weighted by atomic mass is 10.1. The minimum Gasteiger partial charge on any atom is -0.489 e. The van der Waals surface area contributed by atoms with Crippen molar-refractivity contribution < 1.29 is 4.74 Å². The molecule has 0 spiro atoms. The highest BCUT2D eigenvalue weighted by atomic mass is 35.5. The fourth-order valence-electron chi connectivity index (χ4n) is 1.30. The molecule has 96 valence electrons. The monoisotopic (exact) mass is 275 g/mol. The van der Waals surface area contributed by atoms with E-state index in [1.165, 1.54) is 0 Å². The molecule has 0 fully saturated rings. The minimum absolute atomic E-state index is 0.473. The molecule has 0 bridgehead atoms. The van der Waals surface area contributed by atoms with Crippen LogP contribution >= 0.6 is 23.2 Å². The summed E-state index contributed by atoms with van der Waals surface area (Å²) >= 11 is 12.0. The molecule has 0 saturated carbocycles. The first-order valence-corrected chi connectivity index (χ1v) is 6.58. The normalized spacial score (nSPS) is 12.8. The van der Waals surface area contributed by atoms with Crippen LogP contribution in [0.4, 0.5) is 0 Å². The van der Waals surface area contributed by atoms with Crippen LogP contribution in [-0.4, -0.2) is 19.2 Å². The average Bonchev–Trinajstić information content (AvgIpc) is 2.27. The van der Waals surface area contributed by atoms with Crippen LogP contribution in [0.15, 0.2) is 18.2 Å². The van der Waals surface area contributed by atoms with Crippen LogP contribution in [0.2, 0.25) is 10.0 Å². The molecule has 4 heteroatoms. The van der Waals surface area contributed by atoms with Gasteiger partial charge in [-0.2, -0.15) is 0 Å². The highest BCUT2D eigenvalue weighted by Crippen LogP contribution is 2.32. The van der Waals surface area contributed by atoms with Gasteiger partial charge in [0.25, 0.3) is 0 Å². The number of hydrogen-bond acceptors (Lipinski definition) is 2. The predicted molar refractivity (Wildman–Crippen MR) is 74.3 cm³/mol. The molecular weight excluding hydrogens is 257 g/mol. The van der Waals surface area contributed by atoms with Gasteiger partial charge in [-0.05, 0) is 25.0 Å². The van der Waals surface area contributed by atoms with Crippen LogP contribution in [0.25, 0.3) is 0 Å². The Balaban J connectivity index is 2.36. The third-order valence-electron chi connectivity index (χ3n) is 2.73. The van der Waals surface area contributed by atoms with Gasteiger partial charge in [0.1, 0.15) is 6.61 Å². The van der Waals surface area contributed by atoms with E-state index in [1.807, 2.05) is 0 Å². The average molecular weight is 276 g/mol. The molecule has 0 radical (unpaired) electrons. The van der Waals surface area contributed by atoms with Gasteiger partial charge in [0, 0.05) is 12.6 Å². The van der Waals surface area contributed by atoms with Crippen molar-refractivity contribution in [3.8, 4) is 5.75 Å². The van der Waals surface area contributed by atoms with E-state index in [-0.39, 0.29) is 0 Å². The number of rotatable bonds is 6. The first-order chi connectivity index (χ1) is 8.02. The van der Waals surface area contributed by atoms with E-state index in [0.29, 0.717) is 34.4 Å². The molecule has 1 N–H and O–H groups in total. The fraction of sp³-hybridized carbons (Fsp3) is 0.538.